The molecule has 136 valence electrons. The lowest BCUT2D eigenvalue weighted by Crippen LogP contribution is -2.15. The molecule has 0 aliphatic heterocycles. The highest BCUT2D eigenvalue weighted by Crippen LogP contribution is 2.36. The molecule has 1 unspecified atom stereocenters. The van der Waals surface area contributed by atoms with E-state index in [0.29, 0.717) is 30.3 Å². The molecule has 26 heavy (non-hydrogen) atoms. The lowest BCUT2D eigenvalue weighted by Gasteiger charge is -2.21. The Labute approximate surface area is 158 Å². The summed E-state index contributed by atoms with van der Waals surface area (Å²) in [4.78, 5) is 12.4. The number of aryl methyl sites for hydroxylation is 2. The van der Waals surface area contributed by atoms with Crippen molar-refractivity contribution < 1.29 is 9.53 Å². The van der Waals surface area contributed by atoms with E-state index in [4.69, 9.17) is 21.6 Å². The van der Waals surface area contributed by atoms with E-state index in [1.165, 1.54) is 5.56 Å². The highest BCUT2D eigenvalue weighted by molar-refractivity contribution is 6.30. The molecule has 0 saturated heterocycles. The van der Waals surface area contributed by atoms with Crippen molar-refractivity contribution in [2.24, 2.45) is 0 Å². The number of rotatable bonds is 6. The molecule has 0 radical (unpaired) electrons. The number of carbonyl (C=O) groups is 1. The summed E-state index contributed by atoms with van der Waals surface area (Å²) in [6.45, 7) is 2.78. The number of nitrogens with zero attached hydrogens (tertiary/aromatic N) is 3. The second kappa shape index (κ2) is 8.37. The van der Waals surface area contributed by atoms with Crippen LogP contribution in [0, 0.1) is 11.3 Å². The van der Waals surface area contributed by atoms with Crippen LogP contribution in [-0.2, 0) is 24.1 Å². The maximum atomic E-state index is 12.4. The first-order valence-electron chi connectivity index (χ1n) is 9.02. The highest BCUT2D eigenvalue weighted by Gasteiger charge is 2.31. The van der Waals surface area contributed by atoms with Crippen LogP contribution in [-0.4, -0.2) is 22.4 Å². The highest BCUT2D eigenvalue weighted by atomic mass is 35.5. The van der Waals surface area contributed by atoms with E-state index in [1.54, 1.807) is 6.92 Å². The summed E-state index contributed by atoms with van der Waals surface area (Å²) >= 11 is 5.94. The number of ether oxygens (including phenoxy) is 1. The predicted octanol–water partition coefficient (Wildman–Crippen LogP) is 4.29. The molecular weight excluding hydrogens is 350 g/mol. The molecule has 0 N–H and O–H groups in total. The monoisotopic (exact) mass is 371 g/mol. The minimum atomic E-state index is -0.390. The van der Waals surface area contributed by atoms with Gasteiger partial charge in [-0.25, -0.2) is 4.79 Å². The molecule has 0 saturated carbocycles. The topological polar surface area (TPSA) is 67.9 Å². The molecule has 2 aromatic rings. The van der Waals surface area contributed by atoms with Gasteiger partial charge in [-0.2, -0.15) is 10.4 Å². The maximum absolute atomic E-state index is 12.4. The number of halogens is 1. The molecule has 3 rings (SSSR count). The standard InChI is InChI=1S/C20H22ClN3O2/c1-2-26-20(25)19-18-15(10-12-22)4-3-5-17(18)24(23-19)13-11-14-6-8-16(21)9-7-14/h6-9,15H,2-5,10-11,13H2,1H3. The van der Waals surface area contributed by atoms with Gasteiger partial charge in [-0.1, -0.05) is 23.7 Å². The van der Waals surface area contributed by atoms with Crippen LogP contribution in [0.15, 0.2) is 24.3 Å². The van der Waals surface area contributed by atoms with Gasteiger partial charge >= 0.3 is 5.97 Å². The van der Waals surface area contributed by atoms with Crippen molar-refractivity contribution in [1.29, 1.82) is 5.26 Å². The average Bonchev–Trinajstić information content (AvgIpc) is 3.02. The molecule has 1 aliphatic rings. The van der Waals surface area contributed by atoms with Crippen LogP contribution < -0.4 is 0 Å². The number of esters is 1. The molecule has 1 heterocycles. The van der Waals surface area contributed by atoms with E-state index >= 15 is 0 Å². The average molecular weight is 372 g/mol. The Hall–Kier alpha value is -2.32. The molecule has 1 aromatic heterocycles. The van der Waals surface area contributed by atoms with Crippen LogP contribution in [0.2, 0.25) is 5.02 Å². The van der Waals surface area contributed by atoms with E-state index in [1.807, 2.05) is 28.9 Å². The van der Waals surface area contributed by atoms with Gasteiger partial charge in [0, 0.05) is 35.2 Å². The summed E-state index contributed by atoms with van der Waals surface area (Å²) in [6, 6.07) is 10.0. The van der Waals surface area contributed by atoms with Crippen molar-refractivity contribution in [2.45, 2.75) is 51.5 Å². The Morgan fingerprint density at radius 3 is 2.88 bits per heavy atom. The van der Waals surface area contributed by atoms with E-state index in [9.17, 15) is 4.79 Å². The van der Waals surface area contributed by atoms with E-state index in [2.05, 4.69) is 11.2 Å². The summed E-state index contributed by atoms with van der Waals surface area (Å²) in [5, 5.41) is 14.5. The molecule has 0 spiro atoms. The third-order valence-electron chi connectivity index (χ3n) is 4.80. The van der Waals surface area contributed by atoms with Gasteiger partial charge < -0.3 is 4.74 Å². The Bertz CT molecular complexity index is 821. The molecule has 0 fully saturated rings. The minimum Gasteiger partial charge on any atom is -0.461 e. The van der Waals surface area contributed by atoms with Gasteiger partial charge in [-0.15, -0.1) is 0 Å². The van der Waals surface area contributed by atoms with Gasteiger partial charge in [0.25, 0.3) is 0 Å². The van der Waals surface area contributed by atoms with E-state index in [-0.39, 0.29) is 11.9 Å². The fraction of sp³-hybridized carbons (Fsp3) is 0.450. The second-order valence-electron chi connectivity index (χ2n) is 6.48. The fourth-order valence-electron chi connectivity index (χ4n) is 3.60. The smallest absolute Gasteiger partial charge is 0.359 e. The van der Waals surface area contributed by atoms with Crippen molar-refractivity contribution >= 4 is 17.6 Å². The Kier molecular flexibility index (Phi) is 5.95. The van der Waals surface area contributed by atoms with Crippen molar-refractivity contribution in [3.8, 4) is 6.07 Å². The molecule has 1 atom stereocenters. The third kappa shape index (κ3) is 3.91. The van der Waals surface area contributed by atoms with Gasteiger partial charge in [-0.05, 0) is 50.3 Å². The molecule has 6 heteroatoms. The van der Waals surface area contributed by atoms with Gasteiger partial charge in [0.05, 0.1) is 12.7 Å². The number of hydrogen-bond donors (Lipinski definition) is 0. The zero-order valence-corrected chi connectivity index (χ0v) is 15.6. The molecule has 0 bridgehead atoms. The number of nitriles is 1. The van der Waals surface area contributed by atoms with Crippen molar-refractivity contribution in [3.63, 3.8) is 0 Å². The minimum absolute atomic E-state index is 0.0624. The SMILES string of the molecule is CCOC(=O)c1nn(CCc2ccc(Cl)cc2)c2c1C(CC#N)CCC2. The van der Waals surface area contributed by atoms with Crippen molar-refractivity contribution in [1.82, 2.24) is 9.78 Å². The van der Waals surface area contributed by atoms with Gasteiger partial charge in [-0.3, -0.25) is 4.68 Å². The first-order chi connectivity index (χ1) is 12.6. The number of aromatic nitrogens is 2. The zero-order valence-electron chi connectivity index (χ0n) is 14.9. The third-order valence-corrected chi connectivity index (χ3v) is 5.06. The van der Waals surface area contributed by atoms with Gasteiger partial charge in [0.1, 0.15) is 0 Å². The van der Waals surface area contributed by atoms with Gasteiger partial charge in [0.15, 0.2) is 5.69 Å². The Morgan fingerprint density at radius 1 is 1.42 bits per heavy atom. The summed E-state index contributed by atoms with van der Waals surface area (Å²) in [7, 11) is 0. The first-order valence-corrected chi connectivity index (χ1v) is 9.40. The predicted molar refractivity (Wildman–Crippen MR) is 99.2 cm³/mol. The number of hydrogen-bond acceptors (Lipinski definition) is 4. The fourth-order valence-corrected chi connectivity index (χ4v) is 3.73. The summed E-state index contributed by atoms with van der Waals surface area (Å²) in [5.74, 6) is -0.328. The molecule has 0 amide bonds. The summed E-state index contributed by atoms with van der Waals surface area (Å²) in [6.07, 6.45) is 4.01. The second-order valence-corrected chi connectivity index (χ2v) is 6.92. The Balaban J connectivity index is 1.90. The van der Waals surface area contributed by atoms with Crippen LogP contribution >= 0.6 is 11.6 Å². The molecule has 1 aromatic carbocycles. The lowest BCUT2D eigenvalue weighted by molar-refractivity contribution is 0.0516. The van der Waals surface area contributed by atoms with E-state index in [0.717, 1.165) is 36.9 Å². The number of carbonyl (C=O) groups excluding carboxylic acids is 1. The van der Waals surface area contributed by atoms with Crippen molar-refractivity contribution in [2.75, 3.05) is 6.61 Å². The normalized spacial score (nSPS) is 16.0. The zero-order chi connectivity index (χ0) is 18.5. The van der Waals surface area contributed by atoms with Gasteiger partial charge in [0.2, 0.25) is 0 Å². The quantitative estimate of drug-likeness (QED) is 0.710. The summed E-state index contributed by atoms with van der Waals surface area (Å²) in [5.41, 5.74) is 3.56. The largest absolute Gasteiger partial charge is 0.461 e. The first kappa shape index (κ1) is 18.5. The molecule has 1 aliphatic carbocycles. The lowest BCUT2D eigenvalue weighted by atomic mass is 9.83. The number of benzene rings is 1. The van der Waals surface area contributed by atoms with Crippen LogP contribution in [0.3, 0.4) is 0 Å². The number of fused-ring (bicyclic) bond motifs is 1. The molecular formula is C20H22ClN3O2. The van der Waals surface area contributed by atoms with Crippen LogP contribution in [0.1, 0.15) is 59.4 Å². The van der Waals surface area contributed by atoms with Crippen LogP contribution in [0.5, 0.6) is 0 Å². The molecule has 5 nitrogen and oxygen atoms in total. The van der Waals surface area contributed by atoms with Crippen LogP contribution in [0.4, 0.5) is 0 Å². The van der Waals surface area contributed by atoms with E-state index < -0.39 is 0 Å². The maximum Gasteiger partial charge on any atom is 0.359 e. The Morgan fingerprint density at radius 2 is 2.19 bits per heavy atom. The van der Waals surface area contributed by atoms with Crippen LogP contribution in [0.25, 0.3) is 0 Å². The van der Waals surface area contributed by atoms with Crippen molar-refractivity contribution in [3.05, 3.63) is 51.8 Å². The summed E-state index contributed by atoms with van der Waals surface area (Å²) < 4.78 is 7.13.